The van der Waals surface area contributed by atoms with Gasteiger partial charge in [-0.25, -0.2) is 16.8 Å². The van der Waals surface area contributed by atoms with Crippen LogP contribution in [0.4, 0.5) is 0 Å². The molecule has 1 fully saturated rings. The maximum absolute atomic E-state index is 12.5. The van der Waals surface area contributed by atoms with Crippen molar-refractivity contribution in [2.24, 2.45) is 0 Å². The molecule has 8 heteroatoms. The zero-order valence-corrected chi connectivity index (χ0v) is 15.6. The molecule has 6 nitrogen and oxygen atoms in total. The Morgan fingerprint density at radius 3 is 2.27 bits per heavy atom. The van der Waals surface area contributed by atoms with Gasteiger partial charge in [0.2, 0.25) is 0 Å². The van der Waals surface area contributed by atoms with Gasteiger partial charge in [-0.15, -0.1) is 0 Å². The Morgan fingerprint density at radius 2 is 1.69 bits per heavy atom. The Morgan fingerprint density at radius 1 is 1.04 bits per heavy atom. The van der Waals surface area contributed by atoms with Crippen LogP contribution in [0.1, 0.15) is 22.3 Å². The zero-order valence-electron chi connectivity index (χ0n) is 14.0. The van der Waals surface area contributed by atoms with E-state index in [0.29, 0.717) is 12.1 Å². The van der Waals surface area contributed by atoms with E-state index in [1.165, 1.54) is 24.3 Å². The first kappa shape index (κ1) is 18.6. The summed E-state index contributed by atoms with van der Waals surface area (Å²) in [6, 6.07) is 15.0. The number of benzene rings is 2. The van der Waals surface area contributed by atoms with E-state index >= 15 is 0 Å². The van der Waals surface area contributed by atoms with E-state index in [1.54, 1.807) is 0 Å². The van der Waals surface area contributed by atoms with Crippen LogP contribution in [-0.2, 0) is 26.2 Å². The molecule has 0 unspecified atom stereocenters. The third-order valence-corrected chi connectivity index (χ3v) is 8.56. The van der Waals surface area contributed by atoms with Crippen LogP contribution < -0.4 is 5.32 Å². The second-order valence-electron chi connectivity index (χ2n) is 6.26. The fraction of sp³-hybridized carbons (Fsp3) is 0.278. The van der Waals surface area contributed by atoms with Crippen molar-refractivity contribution in [3.63, 3.8) is 0 Å². The van der Waals surface area contributed by atoms with Crippen molar-refractivity contribution in [3.8, 4) is 0 Å². The minimum absolute atomic E-state index is 0.0409. The second-order valence-corrected chi connectivity index (χ2v) is 10.7. The normalized spacial score (nSPS) is 19.2. The van der Waals surface area contributed by atoms with Gasteiger partial charge < -0.3 is 5.32 Å². The summed E-state index contributed by atoms with van der Waals surface area (Å²) >= 11 is 0. The van der Waals surface area contributed by atoms with Gasteiger partial charge >= 0.3 is 0 Å². The highest BCUT2D eigenvalue weighted by Gasteiger charge is 2.37. The predicted octanol–water partition coefficient (Wildman–Crippen LogP) is 1.58. The molecule has 1 saturated heterocycles. The molecule has 2 aromatic carbocycles. The van der Waals surface area contributed by atoms with Gasteiger partial charge in [0.05, 0.1) is 21.7 Å². The number of nitrogens with one attached hydrogen (secondary N) is 1. The molecule has 0 radical (unpaired) electrons. The highest BCUT2D eigenvalue weighted by molar-refractivity contribution is 7.96. The fourth-order valence-electron chi connectivity index (χ4n) is 2.87. The first-order valence-electron chi connectivity index (χ1n) is 8.14. The fourth-order valence-corrected chi connectivity index (χ4v) is 7.23. The van der Waals surface area contributed by atoms with Gasteiger partial charge in [-0.1, -0.05) is 30.3 Å². The average Bonchev–Trinajstić information content (AvgIpc) is 3.01. The van der Waals surface area contributed by atoms with Crippen LogP contribution >= 0.6 is 0 Å². The summed E-state index contributed by atoms with van der Waals surface area (Å²) in [5, 5.41) is 1.86. The molecular formula is C18H19NO5S2. The molecule has 1 aliphatic rings. The summed E-state index contributed by atoms with van der Waals surface area (Å²) in [5.41, 5.74) is 1.31. The van der Waals surface area contributed by atoms with Gasteiger partial charge in [0.1, 0.15) is 0 Å². The Kier molecular flexibility index (Phi) is 5.15. The number of carbonyl (C=O) groups is 1. The number of hydrogen-bond donors (Lipinski definition) is 1. The van der Waals surface area contributed by atoms with E-state index in [0.717, 1.165) is 5.56 Å². The van der Waals surface area contributed by atoms with Crippen molar-refractivity contribution < 1.29 is 21.6 Å². The highest BCUT2D eigenvalue weighted by atomic mass is 32.2. The topological polar surface area (TPSA) is 97.4 Å². The molecule has 3 rings (SSSR count). The van der Waals surface area contributed by atoms with Crippen LogP contribution in [-0.4, -0.2) is 39.5 Å². The molecule has 0 saturated carbocycles. The van der Waals surface area contributed by atoms with Crippen molar-refractivity contribution in [2.75, 3.05) is 11.5 Å². The lowest BCUT2D eigenvalue weighted by Gasteiger charge is -2.11. The summed E-state index contributed by atoms with van der Waals surface area (Å²) in [4.78, 5) is 12.2. The lowest BCUT2D eigenvalue weighted by Crippen LogP contribution is -2.24. The molecule has 2 aromatic rings. The second kappa shape index (κ2) is 7.20. The lowest BCUT2D eigenvalue weighted by molar-refractivity contribution is 0.0951. The van der Waals surface area contributed by atoms with Gasteiger partial charge in [0.15, 0.2) is 19.7 Å². The van der Waals surface area contributed by atoms with E-state index in [1.807, 2.05) is 30.3 Å². The maximum Gasteiger partial charge on any atom is 0.251 e. The van der Waals surface area contributed by atoms with Crippen LogP contribution in [0.25, 0.3) is 0 Å². The first-order chi connectivity index (χ1) is 12.3. The molecule has 0 aliphatic carbocycles. The van der Waals surface area contributed by atoms with Gasteiger partial charge in [-0.3, -0.25) is 4.79 Å². The first-order valence-corrected chi connectivity index (χ1v) is 11.5. The maximum atomic E-state index is 12.5. The lowest BCUT2D eigenvalue weighted by atomic mass is 10.2. The standard InChI is InChI=1S/C18H19NO5S2/c20-18(19-12-14-4-2-1-3-5-14)15-6-8-16(9-7-15)26(23,24)17-10-11-25(21,22)13-17/h1-9,17H,10-13H2,(H,19,20)/t17-/m1/s1. The molecular weight excluding hydrogens is 374 g/mol. The van der Waals surface area contributed by atoms with E-state index < -0.39 is 24.9 Å². The summed E-state index contributed by atoms with van der Waals surface area (Å²) in [6.45, 7) is 0.375. The van der Waals surface area contributed by atoms with Gasteiger partial charge in [0.25, 0.3) is 5.91 Å². The van der Waals surface area contributed by atoms with Gasteiger partial charge in [0, 0.05) is 12.1 Å². The Bertz CT molecular complexity index is 997. The van der Waals surface area contributed by atoms with Crippen molar-refractivity contribution in [1.82, 2.24) is 5.32 Å². The molecule has 1 heterocycles. The van der Waals surface area contributed by atoms with Crippen LogP contribution in [0.15, 0.2) is 59.5 Å². The minimum atomic E-state index is -3.72. The van der Waals surface area contributed by atoms with Crippen LogP contribution in [0, 0.1) is 0 Å². The molecule has 1 N–H and O–H groups in total. The van der Waals surface area contributed by atoms with E-state index in [9.17, 15) is 21.6 Å². The number of carbonyl (C=O) groups excluding carboxylic acids is 1. The molecule has 1 aliphatic heterocycles. The van der Waals surface area contributed by atoms with Crippen LogP contribution in [0.3, 0.4) is 0 Å². The predicted molar refractivity (Wildman–Crippen MR) is 98.3 cm³/mol. The van der Waals surface area contributed by atoms with Gasteiger partial charge in [-0.05, 0) is 36.2 Å². The number of rotatable bonds is 5. The molecule has 0 bridgehead atoms. The third kappa shape index (κ3) is 4.13. The van der Waals surface area contributed by atoms with Crippen LogP contribution in [0.2, 0.25) is 0 Å². The summed E-state index contributed by atoms with van der Waals surface area (Å²) in [7, 11) is -7.00. The van der Waals surface area contributed by atoms with Crippen molar-refractivity contribution in [3.05, 3.63) is 65.7 Å². The van der Waals surface area contributed by atoms with E-state index in [4.69, 9.17) is 0 Å². The molecule has 1 amide bonds. The van der Waals surface area contributed by atoms with Gasteiger partial charge in [-0.2, -0.15) is 0 Å². The number of hydrogen-bond acceptors (Lipinski definition) is 5. The van der Waals surface area contributed by atoms with E-state index in [2.05, 4.69) is 5.32 Å². The molecule has 0 aromatic heterocycles. The smallest absolute Gasteiger partial charge is 0.251 e. The van der Waals surface area contributed by atoms with Crippen molar-refractivity contribution in [1.29, 1.82) is 0 Å². The monoisotopic (exact) mass is 393 g/mol. The Hall–Kier alpha value is -2.19. The average molecular weight is 393 g/mol. The van der Waals surface area contributed by atoms with Crippen molar-refractivity contribution in [2.45, 2.75) is 23.1 Å². The summed E-state index contributed by atoms with van der Waals surface area (Å²) < 4.78 is 48.2. The zero-order chi connectivity index (χ0) is 18.8. The highest BCUT2D eigenvalue weighted by Crippen LogP contribution is 2.25. The van der Waals surface area contributed by atoms with Crippen LogP contribution in [0.5, 0.6) is 0 Å². The van der Waals surface area contributed by atoms with Crippen molar-refractivity contribution >= 4 is 25.6 Å². The third-order valence-electron chi connectivity index (χ3n) is 4.37. The number of sulfone groups is 2. The molecule has 0 spiro atoms. The summed E-state index contributed by atoms with van der Waals surface area (Å²) in [5.74, 6) is -0.743. The SMILES string of the molecule is O=C(NCc1ccccc1)c1ccc(S(=O)(=O)[C@@H]2CCS(=O)(=O)C2)cc1. The minimum Gasteiger partial charge on any atom is -0.348 e. The largest absolute Gasteiger partial charge is 0.348 e. The quantitative estimate of drug-likeness (QED) is 0.832. The Labute approximate surface area is 153 Å². The Balaban J connectivity index is 1.69. The molecule has 26 heavy (non-hydrogen) atoms. The molecule has 1 atom stereocenters. The molecule has 138 valence electrons. The van der Waals surface area contributed by atoms with E-state index in [-0.39, 0.29) is 28.7 Å². The summed E-state index contributed by atoms with van der Waals surface area (Å²) in [6.07, 6.45) is 0.115. The number of amides is 1.